The number of terminal acetylenes is 1. The third-order valence-corrected chi connectivity index (χ3v) is 2.37. The summed E-state index contributed by atoms with van der Waals surface area (Å²) in [6, 6.07) is 3.71. The predicted octanol–water partition coefficient (Wildman–Crippen LogP) is 2.22. The second-order valence-corrected chi connectivity index (χ2v) is 3.76. The normalized spacial score (nSPS) is 7.41. The summed E-state index contributed by atoms with van der Waals surface area (Å²) in [5.41, 5.74) is 11.5. The fourth-order valence-electron chi connectivity index (χ4n) is 1.26. The average Bonchev–Trinajstić information content (AvgIpc) is 2.33. The highest BCUT2D eigenvalue weighted by Crippen LogP contribution is 2.15. The van der Waals surface area contributed by atoms with Gasteiger partial charge in [-0.1, -0.05) is 68.4 Å². The minimum Gasteiger partial charge on any atom is -0.115 e. The van der Waals surface area contributed by atoms with Crippen LogP contribution >= 0.6 is 27.7 Å². The predicted molar refractivity (Wildman–Crippen MR) is 84.1 cm³/mol. The van der Waals surface area contributed by atoms with Gasteiger partial charge >= 0.3 is 0 Å². The van der Waals surface area contributed by atoms with Gasteiger partial charge in [0.2, 0.25) is 0 Å². The Morgan fingerprint density at radius 1 is 0.706 bits per heavy atom. The molecule has 0 saturated heterocycles. The molecule has 0 amide bonds. The maximum atomic E-state index is 5.45. The summed E-state index contributed by atoms with van der Waals surface area (Å²) >= 11 is 0. The minimum atomic E-state index is 0.733. The van der Waals surface area contributed by atoms with Gasteiger partial charge in [-0.15, -0.1) is 6.42 Å². The molecule has 80 valence electrons. The lowest BCUT2D eigenvalue weighted by molar-refractivity contribution is 1.52. The molecule has 0 aliphatic carbocycles. The average molecular weight is 270 g/mol. The van der Waals surface area contributed by atoms with Gasteiger partial charge in [-0.3, -0.25) is 0 Å². The Labute approximate surface area is 109 Å². The van der Waals surface area contributed by atoms with Gasteiger partial charge in [0.05, 0.1) is 0 Å². The summed E-state index contributed by atoms with van der Waals surface area (Å²) in [5, 5.41) is 0. The molecule has 0 heterocycles. The summed E-state index contributed by atoms with van der Waals surface area (Å²) in [7, 11) is 7.06. The van der Waals surface area contributed by atoms with Gasteiger partial charge in [0, 0.05) is 22.3 Å². The van der Waals surface area contributed by atoms with Crippen LogP contribution in [0.1, 0.15) is 22.3 Å². The quantitative estimate of drug-likeness (QED) is 0.501. The van der Waals surface area contributed by atoms with Crippen LogP contribution in [0.15, 0.2) is 12.1 Å². The minimum absolute atomic E-state index is 0.733. The van der Waals surface area contributed by atoms with Crippen LogP contribution in [0.3, 0.4) is 0 Å². The van der Waals surface area contributed by atoms with Crippen molar-refractivity contribution in [1.29, 1.82) is 0 Å². The molecule has 17 heavy (non-hydrogen) atoms. The van der Waals surface area contributed by atoms with Crippen LogP contribution in [0.2, 0.25) is 0 Å². The SMILES string of the molecule is C#Cc1cc(C#CP)c(C#CP)cc1C#CP. The van der Waals surface area contributed by atoms with E-state index in [9.17, 15) is 0 Å². The standard InChI is InChI=1S/C14H9P3/c1-2-11-9-13(4-7-16)14(5-8-17)10-12(11)3-6-15/h1,9-10H,15-17H2. The Morgan fingerprint density at radius 2 is 1.06 bits per heavy atom. The molecule has 0 nitrogen and oxygen atoms in total. The molecule has 0 radical (unpaired) electrons. The monoisotopic (exact) mass is 270 g/mol. The van der Waals surface area contributed by atoms with Gasteiger partial charge < -0.3 is 0 Å². The van der Waals surface area contributed by atoms with E-state index in [1.54, 1.807) is 0 Å². The molecule has 0 aliphatic heterocycles. The van der Waals surface area contributed by atoms with Crippen molar-refractivity contribution in [3.05, 3.63) is 34.4 Å². The summed E-state index contributed by atoms with van der Waals surface area (Å²) in [4.78, 5) is 0. The van der Waals surface area contributed by atoms with E-state index in [2.05, 4.69) is 68.4 Å². The zero-order chi connectivity index (χ0) is 12.7. The maximum Gasteiger partial charge on any atom is 0.0418 e. The van der Waals surface area contributed by atoms with E-state index < -0.39 is 0 Å². The molecule has 1 aromatic carbocycles. The molecule has 3 unspecified atom stereocenters. The van der Waals surface area contributed by atoms with E-state index in [1.165, 1.54) is 0 Å². The van der Waals surface area contributed by atoms with Crippen molar-refractivity contribution in [2.75, 3.05) is 0 Å². The molecule has 3 heteroatoms. The van der Waals surface area contributed by atoms with Crippen molar-refractivity contribution < 1.29 is 0 Å². The van der Waals surface area contributed by atoms with E-state index >= 15 is 0 Å². The lowest BCUT2D eigenvalue weighted by Gasteiger charge is -2.02. The maximum absolute atomic E-state index is 5.45. The Bertz CT molecular complexity index is 659. The highest BCUT2D eigenvalue weighted by Gasteiger charge is 2.04. The number of hydrogen-bond donors (Lipinski definition) is 0. The van der Waals surface area contributed by atoms with Gasteiger partial charge in [-0.05, 0) is 12.1 Å². The molecule has 1 aromatic rings. The Balaban J connectivity index is 3.60. The molecule has 0 spiro atoms. The van der Waals surface area contributed by atoms with Crippen molar-refractivity contribution in [3.8, 4) is 47.1 Å². The van der Waals surface area contributed by atoms with Gasteiger partial charge in [0.25, 0.3) is 0 Å². The zero-order valence-corrected chi connectivity index (χ0v) is 12.4. The van der Waals surface area contributed by atoms with Crippen molar-refractivity contribution >= 4 is 27.7 Å². The number of hydrogen-bond acceptors (Lipinski definition) is 0. The highest BCUT2D eigenvalue weighted by molar-refractivity contribution is 7.23. The first kappa shape index (κ1) is 13.8. The molecule has 0 N–H and O–H groups in total. The number of rotatable bonds is 0. The van der Waals surface area contributed by atoms with Crippen LogP contribution in [0.4, 0.5) is 0 Å². The second kappa shape index (κ2) is 7.15. The highest BCUT2D eigenvalue weighted by atomic mass is 31.0. The molecule has 0 saturated carbocycles. The van der Waals surface area contributed by atoms with Crippen molar-refractivity contribution in [2.24, 2.45) is 0 Å². The Morgan fingerprint density at radius 3 is 1.41 bits per heavy atom. The molecular weight excluding hydrogens is 261 g/mol. The molecule has 0 fully saturated rings. The lowest BCUT2D eigenvalue weighted by atomic mass is 9.99. The van der Waals surface area contributed by atoms with Gasteiger partial charge in [0.15, 0.2) is 0 Å². The summed E-state index contributed by atoms with van der Waals surface area (Å²) in [5.74, 6) is 11.5. The first-order chi connectivity index (χ1) is 8.26. The van der Waals surface area contributed by atoms with Crippen LogP contribution in [0, 0.1) is 47.1 Å². The third kappa shape index (κ3) is 3.62. The summed E-state index contributed by atoms with van der Waals surface area (Å²) < 4.78 is 0. The smallest absolute Gasteiger partial charge is 0.0418 e. The Kier molecular flexibility index (Phi) is 5.81. The second-order valence-electron chi connectivity index (χ2n) is 2.90. The van der Waals surface area contributed by atoms with E-state index in [0.29, 0.717) is 0 Å². The van der Waals surface area contributed by atoms with E-state index in [1.807, 2.05) is 12.1 Å². The van der Waals surface area contributed by atoms with Crippen molar-refractivity contribution in [2.45, 2.75) is 0 Å². The van der Waals surface area contributed by atoms with Crippen LogP contribution in [-0.4, -0.2) is 0 Å². The van der Waals surface area contributed by atoms with Crippen molar-refractivity contribution in [3.63, 3.8) is 0 Å². The largest absolute Gasteiger partial charge is 0.115 e. The topological polar surface area (TPSA) is 0 Å². The molecule has 0 aliphatic rings. The van der Waals surface area contributed by atoms with Gasteiger partial charge in [-0.25, -0.2) is 0 Å². The van der Waals surface area contributed by atoms with Gasteiger partial charge in [0.1, 0.15) is 0 Å². The first-order valence-electron chi connectivity index (χ1n) is 4.56. The first-order valence-corrected chi connectivity index (χ1v) is 6.29. The van der Waals surface area contributed by atoms with Crippen LogP contribution in [0.5, 0.6) is 0 Å². The van der Waals surface area contributed by atoms with Crippen LogP contribution in [0.25, 0.3) is 0 Å². The van der Waals surface area contributed by atoms with Gasteiger partial charge in [-0.2, -0.15) is 0 Å². The molecule has 0 bridgehead atoms. The zero-order valence-electron chi connectivity index (χ0n) is 8.96. The summed E-state index contributed by atoms with van der Waals surface area (Å²) in [6.07, 6.45) is 5.45. The summed E-state index contributed by atoms with van der Waals surface area (Å²) in [6.45, 7) is 0. The molecule has 1 rings (SSSR count). The molecule has 0 aromatic heterocycles. The van der Waals surface area contributed by atoms with Crippen LogP contribution < -0.4 is 0 Å². The van der Waals surface area contributed by atoms with Crippen LogP contribution in [-0.2, 0) is 0 Å². The Hall–Kier alpha value is -1.25. The van der Waals surface area contributed by atoms with E-state index in [4.69, 9.17) is 6.42 Å². The van der Waals surface area contributed by atoms with E-state index in [-0.39, 0.29) is 0 Å². The van der Waals surface area contributed by atoms with Crippen molar-refractivity contribution in [1.82, 2.24) is 0 Å². The molecule has 3 atom stereocenters. The number of benzene rings is 1. The fourth-order valence-corrected chi connectivity index (χ4v) is 1.73. The fraction of sp³-hybridized carbons (Fsp3) is 0. The third-order valence-electron chi connectivity index (χ3n) is 1.93. The lowest BCUT2D eigenvalue weighted by Crippen LogP contribution is -1.91. The van der Waals surface area contributed by atoms with E-state index in [0.717, 1.165) is 22.3 Å². The molecular formula is C14H9P3.